The van der Waals surface area contributed by atoms with Crippen LogP contribution in [-0.2, 0) is 4.79 Å². The Balaban J connectivity index is 1.65. The zero-order valence-electron chi connectivity index (χ0n) is 15.5. The van der Waals surface area contributed by atoms with Gasteiger partial charge in [0.2, 0.25) is 0 Å². The van der Waals surface area contributed by atoms with Gasteiger partial charge in [0.25, 0.3) is 0 Å². The fourth-order valence-electron chi connectivity index (χ4n) is 7.95. The fraction of sp³-hybridized carbons (Fsp3) is 0.952. The van der Waals surface area contributed by atoms with Crippen molar-refractivity contribution < 1.29 is 15.0 Å². The van der Waals surface area contributed by atoms with Gasteiger partial charge in [-0.1, -0.05) is 13.8 Å². The average molecular weight is 335 g/mol. The molecule has 4 saturated carbocycles. The SMILES string of the molecule is CC(=O)[C@@H]1CC[C@H]2[C@@H]3C[C@H](O)[C@@H]4C[C@H](O)CC[C@]4(C)[C@H]3CC[C@]12C. The van der Waals surface area contributed by atoms with Crippen molar-refractivity contribution >= 4 is 5.78 Å². The summed E-state index contributed by atoms with van der Waals surface area (Å²) in [4.78, 5) is 12.2. The second kappa shape index (κ2) is 5.54. The third-order valence-corrected chi connectivity index (χ3v) is 9.14. The number of aliphatic hydroxyl groups is 2. The molecular formula is C21H34O3. The second-order valence-corrected chi connectivity index (χ2v) is 10.0. The topological polar surface area (TPSA) is 57.5 Å². The second-order valence-electron chi connectivity index (χ2n) is 10.0. The van der Waals surface area contributed by atoms with Gasteiger partial charge in [0.05, 0.1) is 12.2 Å². The van der Waals surface area contributed by atoms with Gasteiger partial charge in [0, 0.05) is 5.92 Å². The molecule has 0 radical (unpaired) electrons. The standard InChI is InChI=1S/C21H34O3/c1-12(22)15-4-5-16-14-11-19(24)18-10-13(23)6-8-21(18,3)17(14)7-9-20(15,16)2/h13-19,23-24H,4-11H2,1-3H3/t13-,14+,15+,16+,17+,18+,19+,20-,21-/m1/s1. The number of rotatable bonds is 1. The van der Waals surface area contributed by atoms with Crippen LogP contribution in [0.5, 0.6) is 0 Å². The third kappa shape index (κ3) is 2.19. The molecule has 0 aromatic heterocycles. The maximum absolute atomic E-state index is 12.2. The van der Waals surface area contributed by atoms with Crippen LogP contribution in [0.2, 0.25) is 0 Å². The van der Waals surface area contributed by atoms with Crippen molar-refractivity contribution in [3.8, 4) is 0 Å². The van der Waals surface area contributed by atoms with E-state index >= 15 is 0 Å². The monoisotopic (exact) mass is 334 g/mol. The number of hydrogen-bond acceptors (Lipinski definition) is 3. The van der Waals surface area contributed by atoms with Crippen molar-refractivity contribution in [1.82, 2.24) is 0 Å². The van der Waals surface area contributed by atoms with Gasteiger partial charge in [-0.2, -0.15) is 0 Å². The van der Waals surface area contributed by atoms with E-state index in [4.69, 9.17) is 0 Å². The van der Waals surface area contributed by atoms with Gasteiger partial charge in [0.1, 0.15) is 5.78 Å². The van der Waals surface area contributed by atoms with Crippen molar-refractivity contribution in [2.45, 2.75) is 84.3 Å². The molecule has 0 spiro atoms. The minimum absolute atomic E-state index is 0.157. The molecule has 3 nitrogen and oxygen atoms in total. The molecule has 4 aliphatic rings. The number of carbonyl (C=O) groups excluding carboxylic acids is 1. The maximum atomic E-state index is 12.2. The molecule has 136 valence electrons. The van der Waals surface area contributed by atoms with Crippen molar-refractivity contribution in [2.75, 3.05) is 0 Å². The number of carbonyl (C=O) groups is 1. The highest BCUT2D eigenvalue weighted by atomic mass is 16.3. The van der Waals surface area contributed by atoms with Gasteiger partial charge < -0.3 is 10.2 Å². The molecular weight excluding hydrogens is 300 g/mol. The molecule has 0 aliphatic heterocycles. The van der Waals surface area contributed by atoms with Crippen LogP contribution in [0.4, 0.5) is 0 Å². The normalized spacial score (nSPS) is 57.0. The predicted octanol–water partition coefficient (Wildman–Crippen LogP) is 3.57. The van der Waals surface area contributed by atoms with Crippen molar-refractivity contribution in [2.24, 2.45) is 40.4 Å². The summed E-state index contributed by atoms with van der Waals surface area (Å²) in [7, 11) is 0. The first-order valence-corrected chi connectivity index (χ1v) is 10.1. The molecule has 4 rings (SSSR count). The van der Waals surface area contributed by atoms with Crippen LogP contribution in [0.25, 0.3) is 0 Å². The molecule has 4 fully saturated rings. The van der Waals surface area contributed by atoms with Crippen LogP contribution in [0.3, 0.4) is 0 Å². The Morgan fingerprint density at radius 2 is 1.54 bits per heavy atom. The lowest BCUT2D eigenvalue weighted by molar-refractivity contribution is -0.171. The first-order chi connectivity index (χ1) is 11.3. The van der Waals surface area contributed by atoms with Crippen LogP contribution in [0.1, 0.15) is 72.1 Å². The lowest BCUT2D eigenvalue weighted by atomic mass is 9.44. The molecule has 0 unspecified atom stereocenters. The Bertz CT molecular complexity index is 531. The number of Topliss-reactive ketones (excluding diaryl/α,β-unsaturated/α-hetero) is 1. The predicted molar refractivity (Wildman–Crippen MR) is 93.3 cm³/mol. The fourth-order valence-corrected chi connectivity index (χ4v) is 7.95. The Morgan fingerprint density at radius 1 is 0.875 bits per heavy atom. The summed E-state index contributed by atoms with van der Waals surface area (Å²) in [6.45, 7) is 6.53. The van der Waals surface area contributed by atoms with Crippen molar-refractivity contribution in [3.63, 3.8) is 0 Å². The molecule has 24 heavy (non-hydrogen) atoms. The molecule has 3 heteroatoms. The molecule has 0 saturated heterocycles. The molecule has 2 N–H and O–H groups in total. The summed E-state index contributed by atoms with van der Waals surface area (Å²) in [6, 6.07) is 0. The average Bonchev–Trinajstić information content (AvgIpc) is 2.87. The van der Waals surface area contributed by atoms with E-state index < -0.39 is 0 Å². The largest absolute Gasteiger partial charge is 0.393 e. The van der Waals surface area contributed by atoms with E-state index in [0.717, 1.165) is 38.5 Å². The summed E-state index contributed by atoms with van der Waals surface area (Å²) in [5, 5.41) is 21.0. The Hall–Kier alpha value is -0.410. The van der Waals surface area contributed by atoms with Gasteiger partial charge in [-0.25, -0.2) is 0 Å². The number of ketones is 1. The lowest BCUT2D eigenvalue weighted by Gasteiger charge is -2.62. The molecule has 4 aliphatic carbocycles. The van der Waals surface area contributed by atoms with Crippen molar-refractivity contribution in [3.05, 3.63) is 0 Å². The van der Waals surface area contributed by atoms with E-state index in [-0.39, 0.29) is 34.9 Å². The molecule has 9 atom stereocenters. The first kappa shape index (κ1) is 17.0. The smallest absolute Gasteiger partial charge is 0.133 e. The van der Waals surface area contributed by atoms with Crippen LogP contribution >= 0.6 is 0 Å². The maximum Gasteiger partial charge on any atom is 0.133 e. The van der Waals surface area contributed by atoms with Crippen LogP contribution < -0.4 is 0 Å². The van der Waals surface area contributed by atoms with E-state index in [1.54, 1.807) is 6.92 Å². The summed E-state index contributed by atoms with van der Waals surface area (Å²) in [6.07, 6.45) is 7.70. The Morgan fingerprint density at radius 3 is 2.25 bits per heavy atom. The van der Waals surface area contributed by atoms with Crippen molar-refractivity contribution in [1.29, 1.82) is 0 Å². The van der Waals surface area contributed by atoms with Gasteiger partial charge in [-0.05, 0) is 92.8 Å². The molecule has 0 amide bonds. The summed E-state index contributed by atoms with van der Waals surface area (Å²) in [5.74, 6) is 2.71. The first-order valence-electron chi connectivity index (χ1n) is 10.1. The lowest BCUT2D eigenvalue weighted by Crippen LogP contribution is -2.58. The van der Waals surface area contributed by atoms with Crippen LogP contribution in [-0.4, -0.2) is 28.2 Å². The van der Waals surface area contributed by atoms with Gasteiger partial charge in [-0.15, -0.1) is 0 Å². The minimum atomic E-state index is -0.273. The number of aliphatic hydroxyl groups excluding tert-OH is 2. The quantitative estimate of drug-likeness (QED) is 0.771. The zero-order chi connectivity index (χ0) is 17.3. The Kier molecular flexibility index (Phi) is 3.93. The minimum Gasteiger partial charge on any atom is -0.393 e. The van der Waals surface area contributed by atoms with Gasteiger partial charge >= 0.3 is 0 Å². The van der Waals surface area contributed by atoms with E-state index in [9.17, 15) is 15.0 Å². The van der Waals surface area contributed by atoms with E-state index in [0.29, 0.717) is 23.5 Å². The highest BCUT2D eigenvalue weighted by Crippen LogP contribution is 2.67. The molecule has 0 aromatic carbocycles. The summed E-state index contributed by atoms with van der Waals surface area (Å²) >= 11 is 0. The number of fused-ring (bicyclic) bond motifs is 5. The molecule has 0 aromatic rings. The van der Waals surface area contributed by atoms with Gasteiger partial charge in [0.15, 0.2) is 0 Å². The molecule has 0 heterocycles. The summed E-state index contributed by atoms with van der Waals surface area (Å²) in [5.41, 5.74) is 0.335. The molecule has 0 bridgehead atoms. The van der Waals surface area contributed by atoms with Crippen LogP contribution in [0.15, 0.2) is 0 Å². The van der Waals surface area contributed by atoms with Gasteiger partial charge in [-0.3, -0.25) is 4.79 Å². The van der Waals surface area contributed by atoms with E-state index in [1.165, 1.54) is 12.8 Å². The zero-order valence-corrected chi connectivity index (χ0v) is 15.5. The van der Waals surface area contributed by atoms with Crippen LogP contribution in [0, 0.1) is 40.4 Å². The third-order valence-electron chi connectivity index (χ3n) is 9.14. The number of hydrogen-bond donors (Lipinski definition) is 2. The highest BCUT2D eigenvalue weighted by Gasteiger charge is 2.62. The Labute approximate surface area is 146 Å². The highest BCUT2D eigenvalue weighted by molar-refractivity contribution is 5.79. The van der Waals surface area contributed by atoms with E-state index in [2.05, 4.69) is 13.8 Å². The summed E-state index contributed by atoms with van der Waals surface area (Å²) < 4.78 is 0. The van der Waals surface area contributed by atoms with E-state index in [1.807, 2.05) is 0 Å².